The lowest BCUT2D eigenvalue weighted by molar-refractivity contribution is 0.106. The lowest BCUT2D eigenvalue weighted by Gasteiger charge is -2.16. The molecule has 88 valence electrons. The molecule has 0 spiro atoms. The molecule has 0 saturated carbocycles. The summed E-state index contributed by atoms with van der Waals surface area (Å²) in [5.74, 6) is 0.607. The van der Waals surface area contributed by atoms with E-state index < -0.39 is 0 Å². The summed E-state index contributed by atoms with van der Waals surface area (Å²) in [4.78, 5) is 0. The lowest BCUT2D eigenvalue weighted by atomic mass is 10.0. The molecular formula is C11H22N2OS. The molecule has 2 unspecified atom stereocenters. The molecule has 3 nitrogen and oxygen atoms in total. The topological polar surface area (TPSA) is 33.3 Å². The molecule has 1 saturated heterocycles. The molecular weight excluding hydrogens is 208 g/mol. The van der Waals surface area contributed by atoms with Gasteiger partial charge in [-0.1, -0.05) is 13.3 Å². The number of ether oxygens (including phenoxy) is 1. The van der Waals surface area contributed by atoms with Crippen LogP contribution in [0.2, 0.25) is 0 Å². The highest BCUT2D eigenvalue weighted by molar-refractivity contribution is 7.80. The van der Waals surface area contributed by atoms with Crippen molar-refractivity contribution in [1.29, 1.82) is 0 Å². The van der Waals surface area contributed by atoms with Crippen LogP contribution >= 0.6 is 12.2 Å². The van der Waals surface area contributed by atoms with Gasteiger partial charge in [0.05, 0.1) is 6.10 Å². The van der Waals surface area contributed by atoms with Crippen LogP contribution in [0.5, 0.6) is 0 Å². The molecule has 1 heterocycles. The first-order chi connectivity index (χ1) is 7.24. The second kappa shape index (κ2) is 7.01. The summed E-state index contributed by atoms with van der Waals surface area (Å²) >= 11 is 5.18. The molecule has 0 radical (unpaired) electrons. The van der Waals surface area contributed by atoms with Crippen molar-refractivity contribution < 1.29 is 4.74 Å². The smallest absolute Gasteiger partial charge is 0.166 e. The maximum atomic E-state index is 5.49. The molecule has 2 atom stereocenters. The average Bonchev–Trinajstić information content (AvgIpc) is 2.61. The third-order valence-electron chi connectivity index (χ3n) is 2.87. The molecule has 1 aliphatic heterocycles. The normalized spacial score (nSPS) is 25.2. The van der Waals surface area contributed by atoms with Gasteiger partial charge in [0.2, 0.25) is 0 Å². The molecule has 0 aromatic rings. The lowest BCUT2D eigenvalue weighted by Crippen LogP contribution is -2.39. The van der Waals surface area contributed by atoms with Gasteiger partial charge in [-0.3, -0.25) is 0 Å². The van der Waals surface area contributed by atoms with Crippen LogP contribution < -0.4 is 10.6 Å². The molecule has 0 aromatic carbocycles. The van der Waals surface area contributed by atoms with Crippen molar-refractivity contribution in [1.82, 2.24) is 10.6 Å². The molecule has 1 rings (SSSR count). The Morgan fingerprint density at radius 1 is 1.47 bits per heavy atom. The van der Waals surface area contributed by atoms with Gasteiger partial charge in [-0.2, -0.15) is 0 Å². The Morgan fingerprint density at radius 3 is 2.87 bits per heavy atom. The Morgan fingerprint density at radius 2 is 2.27 bits per heavy atom. The maximum absolute atomic E-state index is 5.49. The Kier molecular flexibility index (Phi) is 5.95. The van der Waals surface area contributed by atoms with Crippen molar-refractivity contribution >= 4 is 17.3 Å². The van der Waals surface area contributed by atoms with Crippen molar-refractivity contribution in [2.24, 2.45) is 5.92 Å². The van der Waals surface area contributed by atoms with E-state index in [0.717, 1.165) is 31.2 Å². The van der Waals surface area contributed by atoms with Gasteiger partial charge in [-0.25, -0.2) is 0 Å². The fourth-order valence-corrected chi connectivity index (χ4v) is 1.89. The van der Waals surface area contributed by atoms with Crippen LogP contribution in [0.3, 0.4) is 0 Å². The second-order valence-electron chi connectivity index (χ2n) is 4.12. The maximum Gasteiger partial charge on any atom is 0.166 e. The number of nitrogens with one attached hydrogen (secondary N) is 2. The molecule has 1 fully saturated rings. The van der Waals surface area contributed by atoms with Crippen molar-refractivity contribution in [3.63, 3.8) is 0 Å². The molecule has 1 aliphatic rings. The minimum Gasteiger partial charge on any atom is -0.378 e. The summed E-state index contributed by atoms with van der Waals surface area (Å²) in [6, 6.07) is 0. The van der Waals surface area contributed by atoms with Crippen molar-refractivity contribution in [3.8, 4) is 0 Å². The second-order valence-corrected chi connectivity index (χ2v) is 4.52. The van der Waals surface area contributed by atoms with E-state index in [9.17, 15) is 0 Å². The molecule has 0 amide bonds. The molecule has 0 aliphatic carbocycles. The van der Waals surface area contributed by atoms with E-state index in [-0.39, 0.29) is 0 Å². The molecule has 15 heavy (non-hydrogen) atoms. The monoisotopic (exact) mass is 230 g/mol. The first-order valence-corrected chi connectivity index (χ1v) is 6.28. The zero-order valence-electron chi connectivity index (χ0n) is 9.71. The van der Waals surface area contributed by atoms with Gasteiger partial charge in [0.15, 0.2) is 5.11 Å². The largest absolute Gasteiger partial charge is 0.378 e. The Hall–Kier alpha value is -0.350. The van der Waals surface area contributed by atoms with Gasteiger partial charge in [0, 0.05) is 25.6 Å². The van der Waals surface area contributed by atoms with E-state index in [4.69, 9.17) is 17.0 Å². The van der Waals surface area contributed by atoms with Gasteiger partial charge in [0.1, 0.15) is 0 Å². The average molecular weight is 230 g/mol. The zero-order valence-corrected chi connectivity index (χ0v) is 10.5. The first-order valence-electron chi connectivity index (χ1n) is 5.87. The summed E-state index contributed by atoms with van der Waals surface area (Å²) in [6.45, 7) is 7.10. The van der Waals surface area contributed by atoms with Gasteiger partial charge < -0.3 is 15.4 Å². The van der Waals surface area contributed by atoms with E-state index in [1.165, 1.54) is 12.8 Å². The van der Waals surface area contributed by atoms with Crippen LogP contribution in [0.25, 0.3) is 0 Å². The van der Waals surface area contributed by atoms with Gasteiger partial charge >= 0.3 is 0 Å². The third-order valence-corrected chi connectivity index (χ3v) is 3.16. The number of hydrogen-bond donors (Lipinski definition) is 2. The van der Waals surface area contributed by atoms with E-state index in [2.05, 4.69) is 24.5 Å². The predicted molar refractivity (Wildman–Crippen MR) is 67.0 cm³/mol. The van der Waals surface area contributed by atoms with Crippen molar-refractivity contribution in [3.05, 3.63) is 0 Å². The fraction of sp³-hybridized carbons (Fsp3) is 0.909. The minimum atomic E-state index is 0.371. The molecule has 4 heteroatoms. The summed E-state index contributed by atoms with van der Waals surface area (Å²) in [5, 5.41) is 7.24. The Labute approximate surface area is 98.0 Å². The van der Waals surface area contributed by atoms with Gasteiger partial charge in [-0.05, 0) is 32.0 Å². The first kappa shape index (κ1) is 12.7. The number of rotatable bonds is 5. The SMILES string of the molecule is CCCCNC(=S)NCC1CCOC1C. The highest BCUT2D eigenvalue weighted by Gasteiger charge is 2.23. The number of hydrogen-bond acceptors (Lipinski definition) is 2. The zero-order chi connectivity index (χ0) is 11.1. The van der Waals surface area contributed by atoms with E-state index in [1.807, 2.05) is 0 Å². The third kappa shape index (κ3) is 4.80. The quantitative estimate of drug-likeness (QED) is 0.556. The molecule has 2 N–H and O–H groups in total. The molecule has 0 bridgehead atoms. The number of unbranched alkanes of at least 4 members (excludes halogenated alkanes) is 1. The minimum absolute atomic E-state index is 0.371. The van der Waals surface area contributed by atoms with Crippen LogP contribution in [-0.2, 0) is 4.74 Å². The summed E-state index contributed by atoms with van der Waals surface area (Å²) in [7, 11) is 0. The molecule has 0 aromatic heterocycles. The fourth-order valence-electron chi connectivity index (χ4n) is 1.71. The van der Waals surface area contributed by atoms with E-state index in [1.54, 1.807) is 0 Å². The van der Waals surface area contributed by atoms with Crippen LogP contribution in [0, 0.1) is 5.92 Å². The van der Waals surface area contributed by atoms with Crippen molar-refractivity contribution in [2.75, 3.05) is 19.7 Å². The Bertz CT molecular complexity index is 199. The Balaban J connectivity index is 2.05. The summed E-state index contributed by atoms with van der Waals surface area (Å²) in [6.07, 6.45) is 3.88. The highest BCUT2D eigenvalue weighted by atomic mass is 32.1. The van der Waals surface area contributed by atoms with Crippen LogP contribution in [0.1, 0.15) is 33.1 Å². The van der Waals surface area contributed by atoms with E-state index in [0.29, 0.717) is 12.0 Å². The standard InChI is InChI=1S/C11H22N2OS/c1-3-4-6-12-11(15)13-8-10-5-7-14-9(10)2/h9-10H,3-8H2,1-2H3,(H2,12,13,15). The highest BCUT2D eigenvalue weighted by Crippen LogP contribution is 2.18. The van der Waals surface area contributed by atoms with Crippen molar-refractivity contribution in [2.45, 2.75) is 39.2 Å². The predicted octanol–water partition coefficient (Wildman–Crippen LogP) is 1.68. The summed E-state index contributed by atoms with van der Waals surface area (Å²) in [5.41, 5.74) is 0. The summed E-state index contributed by atoms with van der Waals surface area (Å²) < 4.78 is 5.49. The van der Waals surface area contributed by atoms with Gasteiger partial charge in [-0.15, -0.1) is 0 Å². The number of thiocarbonyl (C=S) groups is 1. The van der Waals surface area contributed by atoms with Crippen LogP contribution in [0.15, 0.2) is 0 Å². The van der Waals surface area contributed by atoms with E-state index >= 15 is 0 Å². The van der Waals surface area contributed by atoms with Crippen LogP contribution in [-0.4, -0.2) is 30.9 Å². The van der Waals surface area contributed by atoms with Gasteiger partial charge in [0.25, 0.3) is 0 Å². The van der Waals surface area contributed by atoms with Crippen LogP contribution in [0.4, 0.5) is 0 Å².